The molecular formula is C16H27N3O2. The maximum absolute atomic E-state index is 12.5. The summed E-state index contributed by atoms with van der Waals surface area (Å²) in [5, 5.41) is 2.96. The van der Waals surface area contributed by atoms with Gasteiger partial charge in [-0.05, 0) is 45.4 Å². The van der Waals surface area contributed by atoms with Crippen LogP contribution in [-0.4, -0.2) is 43.2 Å². The van der Waals surface area contributed by atoms with E-state index in [0.717, 1.165) is 17.8 Å². The van der Waals surface area contributed by atoms with Crippen LogP contribution in [0.5, 0.6) is 0 Å². The van der Waals surface area contributed by atoms with Crippen molar-refractivity contribution in [1.29, 1.82) is 0 Å². The van der Waals surface area contributed by atoms with Gasteiger partial charge in [-0.3, -0.25) is 9.69 Å². The minimum absolute atomic E-state index is 0.0338. The van der Waals surface area contributed by atoms with Gasteiger partial charge in [0.25, 0.3) is 0 Å². The van der Waals surface area contributed by atoms with Crippen LogP contribution in [0.3, 0.4) is 0 Å². The Labute approximate surface area is 127 Å². The number of benzene rings is 1. The van der Waals surface area contributed by atoms with E-state index in [0.29, 0.717) is 12.3 Å². The highest BCUT2D eigenvalue weighted by atomic mass is 16.5. The van der Waals surface area contributed by atoms with Crippen LogP contribution in [-0.2, 0) is 9.53 Å². The summed E-state index contributed by atoms with van der Waals surface area (Å²) in [5.74, 6) is -0.0338. The van der Waals surface area contributed by atoms with Crippen molar-refractivity contribution in [2.45, 2.75) is 39.8 Å². The van der Waals surface area contributed by atoms with Gasteiger partial charge < -0.3 is 15.8 Å². The average molecular weight is 293 g/mol. The average Bonchev–Trinajstić information content (AvgIpc) is 2.42. The number of nitrogens with one attached hydrogen (secondary N) is 1. The van der Waals surface area contributed by atoms with Crippen molar-refractivity contribution in [3.8, 4) is 0 Å². The topological polar surface area (TPSA) is 67.6 Å². The molecule has 0 radical (unpaired) electrons. The number of carbonyl (C=O) groups is 1. The van der Waals surface area contributed by atoms with Gasteiger partial charge in [-0.25, -0.2) is 0 Å². The first-order chi connectivity index (χ1) is 9.86. The third-order valence-electron chi connectivity index (χ3n) is 3.61. The summed E-state index contributed by atoms with van der Waals surface area (Å²) < 4.78 is 5.12. The zero-order valence-electron chi connectivity index (χ0n) is 13.6. The van der Waals surface area contributed by atoms with E-state index >= 15 is 0 Å². The number of carbonyl (C=O) groups excluding carboxylic acids is 1. The van der Waals surface area contributed by atoms with Gasteiger partial charge in [-0.15, -0.1) is 0 Å². The van der Waals surface area contributed by atoms with Crippen LogP contribution in [0, 0.1) is 6.92 Å². The highest BCUT2D eigenvalue weighted by molar-refractivity contribution is 5.95. The molecule has 1 aromatic rings. The molecule has 21 heavy (non-hydrogen) atoms. The zero-order valence-corrected chi connectivity index (χ0v) is 13.6. The Balaban J connectivity index is 2.78. The number of anilines is 2. The van der Waals surface area contributed by atoms with Gasteiger partial charge in [0.2, 0.25) is 5.91 Å². The van der Waals surface area contributed by atoms with E-state index < -0.39 is 0 Å². The minimum atomic E-state index is -0.235. The monoisotopic (exact) mass is 293 g/mol. The van der Waals surface area contributed by atoms with Crippen molar-refractivity contribution >= 4 is 17.3 Å². The predicted molar refractivity (Wildman–Crippen MR) is 87.4 cm³/mol. The molecule has 0 fully saturated rings. The largest absolute Gasteiger partial charge is 0.399 e. The third kappa shape index (κ3) is 5.02. The Kier molecular flexibility index (Phi) is 6.65. The van der Waals surface area contributed by atoms with Crippen molar-refractivity contribution in [3.63, 3.8) is 0 Å². The van der Waals surface area contributed by atoms with Crippen LogP contribution in [0.25, 0.3) is 0 Å². The number of nitrogens with zero attached hydrogens (tertiary/aromatic N) is 1. The smallest absolute Gasteiger partial charge is 0.241 e. The second-order valence-corrected chi connectivity index (χ2v) is 5.56. The molecule has 0 saturated carbocycles. The quantitative estimate of drug-likeness (QED) is 0.757. The lowest BCUT2D eigenvalue weighted by Crippen LogP contribution is -2.47. The molecule has 0 bridgehead atoms. The summed E-state index contributed by atoms with van der Waals surface area (Å²) in [5.41, 5.74) is 8.18. The Morgan fingerprint density at radius 3 is 2.62 bits per heavy atom. The number of aryl methyl sites for hydroxylation is 1. The molecule has 1 aromatic carbocycles. The fraction of sp³-hybridized carbons (Fsp3) is 0.562. The normalized spacial score (nSPS) is 12.7. The van der Waals surface area contributed by atoms with E-state index in [4.69, 9.17) is 10.5 Å². The molecule has 0 aliphatic heterocycles. The lowest BCUT2D eigenvalue weighted by molar-refractivity contribution is -0.121. The number of nitrogens with two attached hydrogens (primary N) is 1. The van der Waals surface area contributed by atoms with E-state index in [1.165, 1.54) is 0 Å². The molecule has 3 N–H and O–H groups in total. The maximum Gasteiger partial charge on any atom is 0.241 e. The van der Waals surface area contributed by atoms with Crippen molar-refractivity contribution in [2.75, 3.05) is 31.3 Å². The molecule has 5 nitrogen and oxygen atoms in total. The fourth-order valence-corrected chi connectivity index (χ4v) is 2.26. The number of nitrogen functional groups attached to an aromatic ring is 1. The molecule has 5 heteroatoms. The van der Waals surface area contributed by atoms with Crippen LogP contribution >= 0.6 is 0 Å². The molecular weight excluding hydrogens is 266 g/mol. The molecule has 0 saturated heterocycles. The van der Waals surface area contributed by atoms with Crippen LogP contribution in [0.2, 0.25) is 0 Å². The van der Waals surface area contributed by atoms with Crippen LogP contribution in [0.1, 0.15) is 26.3 Å². The van der Waals surface area contributed by atoms with Crippen LogP contribution < -0.4 is 11.1 Å². The molecule has 0 aliphatic carbocycles. The van der Waals surface area contributed by atoms with Gasteiger partial charge in [-0.2, -0.15) is 0 Å². The van der Waals surface area contributed by atoms with Gasteiger partial charge in [0.05, 0.1) is 12.6 Å². The first kappa shape index (κ1) is 17.5. The van der Waals surface area contributed by atoms with Gasteiger partial charge in [0.15, 0.2) is 0 Å². The van der Waals surface area contributed by atoms with Crippen molar-refractivity contribution in [2.24, 2.45) is 0 Å². The summed E-state index contributed by atoms with van der Waals surface area (Å²) in [7, 11) is 1.67. The highest BCUT2D eigenvalue weighted by Crippen LogP contribution is 2.19. The molecule has 1 amide bonds. The number of hydrogen-bond acceptors (Lipinski definition) is 4. The molecule has 0 aliphatic rings. The van der Waals surface area contributed by atoms with Crippen LogP contribution in [0.4, 0.5) is 11.4 Å². The zero-order chi connectivity index (χ0) is 16.0. The lowest BCUT2D eigenvalue weighted by Gasteiger charge is -2.31. The van der Waals surface area contributed by atoms with Gasteiger partial charge in [-0.1, -0.05) is 6.07 Å². The van der Waals surface area contributed by atoms with E-state index in [9.17, 15) is 4.79 Å². The van der Waals surface area contributed by atoms with Crippen LogP contribution in [0.15, 0.2) is 18.2 Å². The van der Waals surface area contributed by atoms with E-state index in [2.05, 4.69) is 24.1 Å². The lowest BCUT2D eigenvalue weighted by atomic mass is 10.1. The Morgan fingerprint density at radius 1 is 1.38 bits per heavy atom. The summed E-state index contributed by atoms with van der Waals surface area (Å²) in [6.07, 6.45) is 0. The summed E-state index contributed by atoms with van der Waals surface area (Å²) >= 11 is 0. The number of methoxy groups -OCH3 is 1. The minimum Gasteiger partial charge on any atom is -0.399 e. The Morgan fingerprint density at radius 2 is 2.05 bits per heavy atom. The van der Waals surface area contributed by atoms with Gasteiger partial charge in [0, 0.05) is 31.1 Å². The second-order valence-electron chi connectivity index (χ2n) is 5.56. The fourth-order valence-electron chi connectivity index (χ4n) is 2.26. The summed E-state index contributed by atoms with van der Waals surface area (Å²) in [4.78, 5) is 14.6. The molecule has 1 rings (SSSR count). The molecule has 1 unspecified atom stereocenters. The van der Waals surface area contributed by atoms with Gasteiger partial charge >= 0.3 is 0 Å². The molecule has 0 aromatic heterocycles. The molecule has 0 spiro atoms. The SMILES string of the molecule is COCCN(C(C)C)C(C)C(=O)Nc1cc(N)ccc1C. The third-order valence-corrected chi connectivity index (χ3v) is 3.61. The first-order valence-corrected chi connectivity index (χ1v) is 7.28. The number of hydrogen-bond donors (Lipinski definition) is 2. The number of amides is 1. The predicted octanol–water partition coefficient (Wildman–Crippen LogP) is 2.26. The van der Waals surface area contributed by atoms with Crippen molar-refractivity contribution < 1.29 is 9.53 Å². The highest BCUT2D eigenvalue weighted by Gasteiger charge is 2.23. The second kappa shape index (κ2) is 8.00. The number of ether oxygens (including phenoxy) is 1. The van der Waals surface area contributed by atoms with E-state index in [-0.39, 0.29) is 18.0 Å². The molecule has 1 atom stereocenters. The van der Waals surface area contributed by atoms with Crippen molar-refractivity contribution in [1.82, 2.24) is 4.90 Å². The standard InChI is InChI=1S/C16H27N3O2/c1-11(2)19(8-9-21-5)13(4)16(20)18-15-10-14(17)7-6-12(15)3/h6-7,10-11,13H,8-9,17H2,1-5H3,(H,18,20). The maximum atomic E-state index is 12.5. The van der Waals surface area contributed by atoms with E-state index in [1.54, 1.807) is 13.2 Å². The first-order valence-electron chi connectivity index (χ1n) is 7.28. The summed E-state index contributed by atoms with van der Waals surface area (Å²) in [6.45, 7) is 9.33. The molecule has 118 valence electrons. The van der Waals surface area contributed by atoms with E-state index in [1.807, 2.05) is 26.0 Å². The van der Waals surface area contributed by atoms with Crippen molar-refractivity contribution in [3.05, 3.63) is 23.8 Å². The van der Waals surface area contributed by atoms with Gasteiger partial charge in [0.1, 0.15) is 0 Å². The Hall–Kier alpha value is -1.59. The summed E-state index contributed by atoms with van der Waals surface area (Å²) in [6, 6.07) is 5.55. The number of rotatable bonds is 7. The Bertz CT molecular complexity index is 475. The molecule has 0 heterocycles.